The summed E-state index contributed by atoms with van der Waals surface area (Å²) in [5.41, 5.74) is 0.987. The highest BCUT2D eigenvalue weighted by molar-refractivity contribution is 5.85. The van der Waals surface area contributed by atoms with Crippen LogP contribution in [0.15, 0.2) is 30.3 Å². The molecule has 0 bridgehead atoms. The molecule has 0 aromatic heterocycles. The van der Waals surface area contributed by atoms with Crippen LogP contribution in [-0.2, 0) is 11.3 Å². The van der Waals surface area contributed by atoms with Crippen molar-refractivity contribution in [3.63, 3.8) is 0 Å². The summed E-state index contributed by atoms with van der Waals surface area (Å²) in [4.78, 5) is 11.1. The highest BCUT2D eigenvalue weighted by Gasteiger charge is 2.00. The topological polar surface area (TPSA) is 50.4 Å². The molecule has 0 spiro atoms. The Balaban J connectivity index is 0.00000225. The van der Waals surface area contributed by atoms with Crippen molar-refractivity contribution < 1.29 is 9.53 Å². The van der Waals surface area contributed by atoms with Crippen LogP contribution in [0.25, 0.3) is 0 Å². The number of benzene rings is 1. The number of ether oxygens (including phenoxy) is 1. The number of halogens is 1. The molecule has 16 heavy (non-hydrogen) atoms. The van der Waals surface area contributed by atoms with Crippen molar-refractivity contribution >= 4 is 18.5 Å². The summed E-state index contributed by atoms with van der Waals surface area (Å²) >= 11 is 0. The molecule has 0 aliphatic heterocycles. The molecule has 0 atom stereocenters. The zero-order valence-corrected chi connectivity index (χ0v) is 10.0. The number of nitrogens with one attached hydrogen (secondary N) is 2. The Morgan fingerprint density at radius 2 is 1.94 bits per heavy atom. The molecule has 2 N–H and O–H groups in total. The van der Waals surface area contributed by atoms with Crippen molar-refractivity contribution in [1.29, 1.82) is 0 Å². The second kappa shape index (κ2) is 9.00. The molecule has 0 heterocycles. The molecule has 0 saturated carbocycles. The van der Waals surface area contributed by atoms with Gasteiger partial charge in [0.1, 0.15) is 6.61 Å². The van der Waals surface area contributed by atoms with E-state index in [-0.39, 0.29) is 18.5 Å². The van der Waals surface area contributed by atoms with Gasteiger partial charge in [0.05, 0.1) is 0 Å². The van der Waals surface area contributed by atoms with Crippen LogP contribution >= 0.6 is 12.4 Å². The van der Waals surface area contributed by atoms with Crippen molar-refractivity contribution in [2.45, 2.75) is 6.61 Å². The van der Waals surface area contributed by atoms with Crippen LogP contribution in [-0.4, -0.2) is 26.2 Å². The number of amides is 1. The number of hydrogen-bond acceptors (Lipinski definition) is 3. The molecule has 4 nitrogen and oxygen atoms in total. The Kier molecular flexibility index (Phi) is 8.29. The molecule has 0 radical (unpaired) electrons. The first kappa shape index (κ1) is 14.7. The summed E-state index contributed by atoms with van der Waals surface area (Å²) < 4.78 is 5.00. The Morgan fingerprint density at radius 3 is 2.56 bits per heavy atom. The second-order valence-electron chi connectivity index (χ2n) is 3.09. The van der Waals surface area contributed by atoms with Crippen molar-refractivity contribution in [3.8, 4) is 0 Å². The van der Waals surface area contributed by atoms with E-state index in [1.165, 1.54) is 0 Å². The normalized spacial score (nSPS) is 9.06. The van der Waals surface area contributed by atoms with E-state index in [1.54, 1.807) is 0 Å². The summed E-state index contributed by atoms with van der Waals surface area (Å²) in [6.07, 6.45) is -0.380. The van der Waals surface area contributed by atoms with Gasteiger partial charge in [-0.25, -0.2) is 4.79 Å². The Labute approximate surface area is 102 Å². The maximum atomic E-state index is 11.1. The largest absolute Gasteiger partial charge is 0.445 e. The standard InChI is InChI=1S/C11H16N2O2.ClH/c1-12-7-8-13-11(14)15-9-10-5-3-2-4-6-10;/h2-6,12H,7-9H2,1H3,(H,13,14);1H. The van der Waals surface area contributed by atoms with E-state index < -0.39 is 0 Å². The SMILES string of the molecule is CNCCNC(=O)OCc1ccccc1.Cl. The van der Waals surface area contributed by atoms with Crippen LogP contribution in [0, 0.1) is 0 Å². The third-order valence-electron chi connectivity index (χ3n) is 1.86. The predicted octanol–water partition coefficient (Wildman–Crippen LogP) is 1.55. The lowest BCUT2D eigenvalue weighted by Crippen LogP contribution is -2.30. The quantitative estimate of drug-likeness (QED) is 0.773. The highest BCUT2D eigenvalue weighted by Crippen LogP contribution is 2.00. The van der Waals surface area contributed by atoms with E-state index >= 15 is 0 Å². The number of alkyl carbamates (subject to hydrolysis) is 1. The molecular weight excluding hydrogens is 228 g/mol. The number of hydrogen-bond donors (Lipinski definition) is 2. The minimum Gasteiger partial charge on any atom is -0.445 e. The molecule has 1 rings (SSSR count). The Bertz CT molecular complexity index is 293. The first-order valence-electron chi connectivity index (χ1n) is 4.92. The van der Waals surface area contributed by atoms with Crippen LogP contribution in [0.4, 0.5) is 4.79 Å². The van der Waals surface area contributed by atoms with Crippen LogP contribution in [0.5, 0.6) is 0 Å². The van der Waals surface area contributed by atoms with Crippen LogP contribution in [0.2, 0.25) is 0 Å². The average Bonchev–Trinajstić information content (AvgIpc) is 2.28. The maximum Gasteiger partial charge on any atom is 0.407 e. The summed E-state index contributed by atoms with van der Waals surface area (Å²) in [5.74, 6) is 0. The smallest absolute Gasteiger partial charge is 0.407 e. The lowest BCUT2D eigenvalue weighted by molar-refractivity contribution is 0.140. The minimum atomic E-state index is -0.380. The molecule has 1 aromatic carbocycles. The fourth-order valence-electron chi connectivity index (χ4n) is 1.06. The van der Waals surface area contributed by atoms with Gasteiger partial charge in [-0.05, 0) is 12.6 Å². The lowest BCUT2D eigenvalue weighted by Gasteiger charge is -2.06. The van der Waals surface area contributed by atoms with E-state index in [1.807, 2.05) is 37.4 Å². The third kappa shape index (κ3) is 6.27. The van der Waals surface area contributed by atoms with Gasteiger partial charge in [0, 0.05) is 13.1 Å². The molecule has 1 aromatic rings. The highest BCUT2D eigenvalue weighted by atomic mass is 35.5. The molecule has 90 valence electrons. The van der Waals surface area contributed by atoms with Gasteiger partial charge < -0.3 is 15.4 Å². The lowest BCUT2D eigenvalue weighted by atomic mass is 10.2. The summed E-state index contributed by atoms with van der Waals surface area (Å²) in [6, 6.07) is 9.59. The van der Waals surface area contributed by atoms with E-state index in [0.29, 0.717) is 13.2 Å². The first-order chi connectivity index (χ1) is 7.33. The van der Waals surface area contributed by atoms with Crippen LogP contribution < -0.4 is 10.6 Å². The van der Waals surface area contributed by atoms with E-state index in [2.05, 4.69) is 10.6 Å². The minimum absolute atomic E-state index is 0. The van der Waals surface area contributed by atoms with Gasteiger partial charge in [0.25, 0.3) is 0 Å². The number of carbonyl (C=O) groups is 1. The number of carbonyl (C=O) groups excluding carboxylic acids is 1. The van der Waals surface area contributed by atoms with Gasteiger partial charge in [-0.3, -0.25) is 0 Å². The van der Waals surface area contributed by atoms with Crippen LogP contribution in [0.1, 0.15) is 5.56 Å². The monoisotopic (exact) mass is 244 g/mol. The van der Waals surface area contributed by atoms with Crippen molar-refractivity contribution in [3.05, 3.63) is 35.9 Å². The van der Waals surface area contributed by atoms with E-state index in [0.717, 1.165) is 12.1 Å². The summed E-state index contributed by atoms with van der Waals surface area (Å²) in [5, 5.41) is 5.56. The maximum absolute atomic E-state index is 11.1. The Morgan fingerprint density at radius 1 is 1.25 bits per heavy atom. The second-order valence-corrected chi connectivity index (χ2v) is 3.09. The van der Waals surface area contributed by atoms with Crippen LogP contribution in [0.3, 0.4) is 0 Å². The first-order valence-corrected chi connectivity index (χ1v) is 4.92. The van der Waals surface area contributed by atoms with Crippen molar-refractivity contribution in [2.75, 3.05) is 20.1 Å². The molecular formula is C11H17ClN2O2. The number of rotatable bonds is 5. The third-order valence-corrected chi connectivity index (χ3v) is 1.86. The molecule has 0 saturated heterocycles. The van der Waals surface area contributed by atoms with Gasteiger partial charge in [-0.1, -0.05) is 30.3 Å². The fraction of sp³-hybridized carbons (Fsp3) is 0.364. The van der Waals surface area contributed by atoms with Gasteiger partial charge in [-0.15, -0.1) is 12.4 Å². The van der Waals surface area contributed by atoms with Gasteiger partial charge in [-0.2, -0.15) is 0 Å². The van der Waals surface area contributed by atoms with Gasteiger partial charge >= 0.3 is 6.09 Å². The zero-order chi connectivity index (χ0) is 10.9. The van der Waals surface area contributed by atoms with Gasteiger partial charge in [0.15, 0.2) is 0 Å². The fourth-order valence-corrected chi connectivity index (χ4v) is 1.06. The molecule has 0 aliphatic rings. The molecule has 0 fully saturated rings. The van der Waals surface area contributed by atoms with Gasteiger partial charge in [0.2, 0.25) is 0 Å². The van der Waals surface area contributed by atoms with Crippen molar-refractivity contribution in [1.82, 2.24) is 10.6 Å². The predicted molar refractivity (Wildman–Crippen MR) is 65.8 cm³/mol. The molecule has 1 amide bonds. The number of likely N-dealkylation sites (N-methyl/N-ethyl adjacent to an activating group) is 1. The van der Waals surface area contributed by atoms with E-state index in [4.69, 9.17) is 4.74 Å². The van der Waals surface area contributed by atoms with E-state index in [9.17, 15) is 4.79 Å². The average molecular weight is 245 g/mol. The van der Waals surface area contributed by atoms with Crippen molar-refractivity contribution in [2.24, 2.45) is 0 Å². The molecule has 5 heteroatoms. The zero-order valence-electron chi connectivity index (χ0n) is 9.23. The Hall–Kier alpha value is -1.26. The summed E-state index contributed by atoms with van der Waals surface area (Å²) in [6.45, 7) is 1.62. The molecule has 0 unspecified atom stereocenters. The molecule has 0 aliphatic carbocycles. The summed E-state index contributed by atoms with van der Waals surface area (Å²) in [7, 11) is 1.83.